The number of primary amides is 1. The number of methoxy groups -OCH3 is 1. The van der Waals surface area contributed by atoms with Crippen molar-refractivity contribution >= 4 is 23.5 Å². The first-order valence-electron chi connectivity index (χ1n) is 18.9. The van der Waals surface area contributed by atoms with Crippen LogP contribution < -0.4 is 21.5 Å². The average Bonchev–Trinajstić information content (AvgIpc) is 3.55. The van der Waals surface area contributed by atoms with Gasteiger partial charge in [0.15, 0.2) is 0 Å². The zero-order valence-electron chi connectivity index (χ0n) is 32.7. The molecular weight excluding hydrogens is 658 g/mol. The summed E-state index contributed by atoms with van der Waals surface area (Å²) in [6.45, 7) is 16.7. The lowest BCUT2D eigenvalue weighted by Gasteiger charge is -2.36. The van der Waals surface area contributed by atoms with Gasteiger partial charge in [-0.25, -0.2) is 4.98 Å². The van der Waals surface area contributed by atoms with Crippen LogP contribution in [0.5, 0.6) is 5.75 Å². The Morgan fingerprint density at radius 1 is 1.13 bits per heavy atom. The maximum atomic E-state index is 14.2. The molecular formula is C40H65N7O5. The van der Waals surface area contributed by atoms with Crippen molar-refractivity contribution in [2.24, 2.45) is 22.4 Å². The number of aryl methyl sites for hydroxylation is 1. The maximum absolute atomic E-state index is 14.2. The van der Waals surface area contributed by atoms with Gasteiger partial charge < -0.3 is 40.5 Å². The lowest BCUT2D eigenvalue weighted by Crippen LogP contribution is -2.54. The monoisotopic (exact) mass is 724 g/mol. The van der Waals surface area contributed by atoms with Gasteiger partial charge in [0.1, 0.15) is 18.1 Å². The third-order valence-corrected chi connectivity index (χ3v) is 8.80. The van der Waals surface area contributed by atoms with E-state index < -0.39 is 5.91 Å². The number of amidine groups is 1. The maximum Gasteiger partial charge on any atom is 0.286 e. The van der Waals surface area contributed by atoms with Crippen LogP contribution in [0.3, 0.4) is 0 Å². The molecule has 290 valence electrons. The first-order valence-corrected chi connectivity index (χ1v) is 18.9. The number of aliphatic imine (C=N–C) groups is 1. The summed E-state index contributed by atoms with van der Waals surface area (Å²) in [6, 6.07) is 5.78. The van der Waals surface area contributed by atoms with Crippen LogP contribution in [-0.4, -0.2) is 84.9 Å². The Labute approximate surface area is 312 Å². The van der Waals surface area contributed by atoms with Crippen molar-refractivity contribution in [2.45, 2.75) is 105 Å². The normalized spacial score (nSPS) is 16.1. The second-order valence-electron chi connectivity index (χ2n) is 13.3. The molecule has 0 spiro atoms. The number of benzene rings is 1. The summed E-state index contributed by atoms with van der Waals surface area (Å²) in [5, 5.41) is 3.47. The smallest absolute Gasteiger partial charge is 0.286 e. The van der Waals surface area contributed by atoms with Gasteiger partial charge in [-0.15, -0.1) is 0 Å². The fourth-order valence-electron chi connectivity index (χ4n) is 6.03. The molecule has 1 saturated heterocycles. The van der Waals surface area contributed by atoms with Gasteiger partial charge in [0.2, 0.25) is 5.91 Å². The number of carbonyl (C=O) groups is 2. The van der Waals surface area contributed by atoms with E-state index in [4.69, 9.17) is 25.9 Å². The van der Waals surface area contributed by atoms with E-state index in [1.54, 1.807) is 0 Å². The topological polar surface area (TPSA) is 159 Å². The van der Waals surface area contributed by atoms with E-state index in [1.807, 2.05) is 43.3 Å². The molecule has 12 heteroatoms. The molecule has 0 radical (unpaired) electrons. The van der Waals surface area contributed by atoms with E-state index in [9.17, 15) is 9.59 Å². The number of piperazine rings is 1. The molecule has 1 fully saturated rings. The van der Waals surface area contributed by atoms with Gasteiger partial charge in [0, 0.05) is 51.2 Å². The van der Waals surface area contributed by atoms with Crippen molar-refractivity contribution in [3.63, 3.8) is 0 Å². The van der Waals surface area contributed by atoms with Gasteiger partial charge in [-0.1, -0.05) is 71.3 Å². The van der Waals surface area contributed by atoms with Crippen LogP contribution in [0.1, 0.15) is 107 Å². The number of hydrogen-bond donors (Lipinski definition) is 3. The number of carbonyl (C=O) groups excluding carboxylic acids is 2. The summed E-state index contributed by atoms with van der Waals surface area (Å²) >= 11 is 0. The highest BCUT2D eigenvalue weighted by Crippen LogP contribution is 2.27. The van der Waals surface area contributed by atoms with Gasteiger partial charge in [-0.2, -0.15) is 4.99 Å². The lowest BCUT2D eigenvalue weighted by atomic mass is 10.00. The molecule has 5 N–H and O–H groups in total. The van der Waals surface area contributed by atoms with E-state index in [1.165, 1.54) is 32.8 Å². The highest BCUT2D eigenvalue weighted by Gasteiger charge is 2.32. The first kappa shape index (κ1) is 44.0. The third kappa shape index (κ3) is 15.6. The summed E-state index contributed by atoms with van der Waals surface area (Å²) < 4.78 is 18.0. The SMILES string of the molecule is CC/C=C\C/C=C\C(C)c1c(C(=O)N2CCNC[C@H]2CCOc2ccc(N=C(N)OC)cc2C)ncn1CC(C)CCCCC.CCOCC(N)=O. The quantitative estimate of drug-likeness (QED) is 0.0612. The minimum atomic E-state index is -0.415. The number of aromatic nitrogens is 2. The molecule has 0 saturated carbocycles. The van der Waals surface area contributed by atoms with Crippen molar-refractivity contribution < 1.29 is 23.8 Å². The van der Waals surface area contributed by atoms with Gasteiger partial charge in [-0.3, -0.25) is 9.59 Å². The van der Waals surface area contributed by atoms with Gasteiger partial charge in [-0.05, 0) is 62.8 Å². The fourth-order valence-corrected chi connectivity index (χ4v) is 6.03. The number of rotatable bonds is 20. The Morgan fingerprint density at radius 3 is 2.58 bits per heavy atom. The highest BCUT2D eigenvalue weighted by atomic mass is 16.5. The van der Waals surface area contributed by atoms with E-state index in [0.717, 1.165) is 49.5 Å². The number of allylic oxidation sites excluding steroid dienone is 4. The summed E-state index contributed by atoms with van der Waals surface area (Å²) in [5.41, 5.74) is 13.7. The highest BCUT2D eigenvalue weighted by molar-refractivity contribution is 5.94. The van der Waals surface area contributed by atoms with Crippen LogP contribution in [0, 0.1) is 12.8 Å². The summed E-state index contributed by atoms with van der Waals surface area (Å²) in [6.07, 6.45) is 18.2. The largest absolute Gasteiger partial charge is 0.493 e. The fraction of sp³-hybridized carbons (Fsp3) is 0.600. The predicted molar refractivity (Wildman–Crippen MR) is 210 cm³/mol. The van der Waals surface area contributed by atoms with Crippen molar-refractivity contribution in [1.29, 1.82) is 0 Å². The number of hydrogen-bond acceptors (Lipinski definition) is 8. The number of nitrogens with one attached hydrogen (secondary N) is 1. The number of nitrogens with two attached hydrogens (primary N) is 2. The van der Waals surface area contributed by atoms with Gasteiger partial charge in [0.05, 0.1) is 31.4 Å². The molecule has 0 bridgehead atoms. The Hall–Kier alpha value is -4.16. The number of amides is 2. The molecule has 3 rings (SSSR count). The molecule has 0 aliphatic carbocycles. The molecule has 12 nitrogen and oxygen atoms in total. The third-order valence-electron chi connectivity index (χ3n) is 8.80. The van der Waals surface area contributed by atoms with Crippen LogP contribution in [0.25, 0.3) is 0 Å². The Bertz CT molecular complexity index is 1440. The van der Waals surface area contributed by atoms with E-state index >= 15 is 0 Å². The molecule has 3 atom stereocenters. The molecule has 1 aliphatic rings. The molecule has 2 aromatic rings. The first-order chi connectivity index (χ1) is 25.1. The van der Waals surface area contributed by atoms with Crippen LogP contribution in [0.4, 0.5) is 5.69 Å². The van der Waals surface area contributed by atoms with Crippen molar-refractivity contribution in [2.75, 3.05) is 46.6 Å². The van der Waals surface area contributed by atoms with Crippen molar-refractivity contribution in [3.05, 3.63) is 65.8 Å². The van der Waals surface area contributed by atoms with Crippen molar-refractivity contribution in [1.82, 2.24) is 19.8 Å². The van der Waals surface area contributed by atoms with Gasteiger partial charge >= 0.3 is 0 Å². The molecule has 1 aromatic carbocycles. The summed E-state index contributed by atoms with van der Waals surface area (Å²) in [4.78, 5) is 35.1. The standard InChI is InChI=1S/C36H56N6O3.C4H9NO2/c1-7-9-11-12-14-16-28(4)34-33(39-26-41(34)25-27(3)15-13-10-8-2)35(43)42-21-20-38-24-31(42)19-22-45-32-18-17-30(23-29(32)5)40-36(37)44-6;1-2-7-3-4(5)6/h9,11,14,16-18,23,26-28,31,38H,7-8,10,12-13,15,19-22,24-25H2,1-6H3,(H2,37,40);2-3H2,1H3,(H2,5,6)/b11-9-,16-14-;/t27?,28?,31-;/m1./s1. The Morgan fingerprint density at radius 2 is 1.92 bits per heavy atom. The van der Waals surface area contributed by atoms with Crippen LogP contribution in [0.2, 0.25) is 0 Å². The van der Waals surface area contributed by atoms with Crippen molar-refractivity contribution in [3.8, 4) is 5.75 Å². The Balaban J connectivity index is 0.00000121. The molecule has 52 heavy (non-hydrogen) atoms. The number of nitrogens with zero attached hydrogens (tertiary/aromatic N) is 4. The summed E-state index contributed by atoms with van der Waals surface area (Å²) in [7, 11) is 1.49. The minimum absolute atomic E-state index is 0.00734. The number of imidazole rings is 1. The van der Waals surface area contributed by atoms with Crippen LogP contribution in [-0.2, 0) is 20.8 Å². The molecule has 2 amide bonds. The number of unbranched alkanes of at least 4 members (excludes halogenated alkanes) is 2. The number of ether oxygens (including phenoxy) is 3. The zero-order valence-corrected chi connectivity index (χ0v) is 32.7. The van der Waals surface area contributed by atoms with E-state index in [-0.39, 0.29) is 30.5 Å². The Kier molecular flexibility index (Phi) is 21.1. The molecule has 2 heterocycles. The van der Waals surface area contributed by atoms with E-state index in [2.05, 4.69) is 71.6 Å². The average molecular weight is 724 g/mol. The summed E-state index contributed by atoms with van der Waals surface area (Å²) in [5.74, 6) is 0.969. The predicted octanol–water partition coefficient (Wildman–Crippen LogP) is 6.41. The molecule has 2 unspecified atom stereocenters. The molecule has 1 aliphatic heterocycles. The van der Waals surface area contributed by atoms with Gasteiger partial charge in [0.25, 0.3) is 11.9 Å². The van der Waals surface area contributed by atoms with E-state index in [0.29, 0.717) is 43.5 Å². The lowest BCUT2D eigenvalue weighted by molar-refractivity contribution is -0.122. The zero-order chi connectivity index (χ0) is 38.3. The van der Waals surface area contributed by atoms with Crippen LogP contribution in [0.15, 0.2) is 53.8 Å². The second-order valence-corrected chi connectivity index (χ2v) is 13.3. The molecule has 1 aromatic heterocycles. The minimum Gasteiger partial charge on any atom is -0.493 e. The van der Waals surface area contributed by atoms with Crippen LogP contribution >= 0.6 is 0 Å². The second kappa shape index (κ2) is 24.9.